The van der Waals surface area contributed by atoms with Gasteiger partial charge in [-0.15, -0.1) is 0 Å². The highest BCUT2D eigenvalue weighted by atomic mass is 16.5. The molecule has 0 aromatic heterocycles. The summed E-state index contributed by atoms with van der Waals surface area (Å²) in [7, 11) is 1.12. The Labute approximate surface area is 216 Å². The summed E-state index contributed by atoms with van der Waals surface area (Å²) >= 11 is 0. The number of carbonyl (C=O) groups is 5. The minimum absolute atomic E-state index is 0.0480. The number of aliphatic carboxylic acids is 1. The van der Waals surface area contributed by atoms with Crippen LogP contribution in [0.3, 0.4) is 0 Å². The lowest BCUT2D eigenvalue weighted by Gasteiger charge is -2.34. The van der Waals surface area contributed by atoms with Crippen LogP contribution in [-0.2, 0) is 30.3 Å². The third kappa shape index (κ3) is 11.0. The number of carbonyl (C=O) groups excluding carboxylic acids is 4. The van der Waals surface area contributed by atoms with Crippen LogP contribution in [0.25, 0.3) is 0 Å². The Morgan fingerprint density at radius 2 is 1.95 bits per heavy atom. The number of amides is 3. The van der Waals surface area contributed by atoms with Crippen LogP contribution in [0, 0.1) is 6.92 Å². The van der Waals surface area contributed by atoms with Crippen molar-refractivity contribution in [3.05, 3.63) is 47.8 Å². The van der Waals surface area contributed by atoms with Gasteiger partial charge in [0.1, 0.15) is 17.9 Å². The quantitative estimate of drug-likeness (QED) is 0.133. The van der Waals surface area contributed by atoms with Gasteiger partial charge in [-0.05, 0) is 38.7 Å². The van der Waals surface area contributed by atoms with Crippen LogP contribution in [0.2, 0.25) is 0 Å². The second-order valence-corrected chi connectivity index (χ2v) is 8.80. The molecule has 0 fully saturated rings. The van der Waals surface area contributed by atoms with Gasteiger partial charge in [-0.25, -0.2) is 4.79 Å². The lowest BCUT2D eigenvalue weighted by atomic mass is 9.84. The maximum absolute atomic E-state index is 13.5. The smallest absolute Gasteiger partial charge is 0.407 e. The maximum atomic E-state index is 13.5. The Morgan fingerprint density at radius 3 is 2.51 bits per heavy atom. The average molecular weight is 520 g/mol. The molecular weight excluding hydrogens is 482 g/mol. The van der Waals surface area contributed by atoms with Crippen molar-refractivity contribution in [1.82, 2.24) is 21.3 Å². The van der Waals surface area contributed by atoms with Crippen LogP contribution >= 0.6 is 0 Å². The standard InChI is InChI=1S/C25H37N5O7/c1-16-7-5-8-19(13-16)14-25(11-10-21(32)33,30-24(36)37-4)23(35)28-17(2)22(34)29-20(15-31)9-6-12-27-18(3)26/h5,7-8,13,15,17,20,27H,3,6,9-12,14,26H2,1-2,4H3,(H,28,35)(H,29,34)(H,30,36)(H,32,33)/t17-,20-,25?/m0/s1. The molecule has 37 heavy (non-hydrogen) atoms. The molecule has 1 unspecified atom stereocenters. The van der Waals surface area contributed by atoms with E-state index < -0.39 is 47.9 Å². The molecule has 0 bridgehead atoms. The van der Waals surface area contributed by atoms with E-state index in [2.05, 4.69) is 27.8 Å². The predicted octanol–water partition coefficient (Wildman–Crippen LogP) is 0.485. The van der Waals surface area contributed by atoms with Crippen molar-refractivity contribution in [2.45, 2.75) is 63.6 Å². The van der Waals surface area contributed by atoms with Crippen molar-refractivity contribution in [2.24, 2.45) is 5.73 Å². The molecule has 0 radical (unpaired) electrons. The van der Waals surface area contributed by atoms with Gasteiger partial charge in [0, 0.05) is 19.4 Å². The average Bonchev–Trinajstić information content (AvgIpc) is 2.83. The molecule has 1 aromatic carbocycles. The molecule has 12 nitrogen and oxygen atoms in total. The van der Waals surface area contributed by atoms with Crippen LogP contribution in [0.5, 0.6) is 0 Å². The summed E-state index contributed by atoms with van der Waals surface area (Å²) in [6.45, 7) is 7.25. The van der Waals surface area contributed by atoms with E-state index in [1.165, 1.54) is 6.92 Å². The predicted molar refractivity (Wildman–Crippen MR) is 136 cm³/mol. The number of nitrogens with two attached hydrogens (primary N) is 1. The van der Waals surface area contributed by atoms with Crippen molar-refractivity contribution in [3.8, 4) is 0 Å². The van der Waals surface area contributed by atoms with Gasteiger partial charge in [0.25, 0.3) is 0 Å². The first kappa shape index (κ1) is 30.9. The molecule has 1 aromatic rings. The van der Waals surface area contributed by atoms with E-state index in [4.69, 9.17) is 10.5 Å². The highest BCUT2D eigenvalue weighted by Crippen LogP contribution is 2.22. The van der Waals surface area contributed by atoms with Gasteiger partial charge in [-0.1, -0.05) is 36.4 Å². The SMILES string of the molecule is C=C(N)NCCC[C@@H](C=O)NC(=O)[C@H](C)NC(=O)C(CCC(=O)O)(Cc1cccc(C)c1)NC(=O)OC. The molecule has 0 aliphatic heterocycles. The molecule has 0 saturated heterocycles. The number of hydrogen-bond donors (Lipinski definition) is 6. The minimum Gasteiger partial charge on any atom is -0.481 e. The molecule has 204 valence electrons. The third-order valence-corrected chi connectivity index (χ3v) is 5.59. The Morgan fingerprint density at radius 1 is 1.24 bits per heavy atom. The number of rotatable bonds is 16. The number of aryl methyl sites for hydroxylation is 1. The van der Waals surface area contributed by atoms with Gasteiger partial charge < -0.3 is 41.6 Å². The minimum atomic E-state index is -1.73. The number of aldehydes is 1. The van der Waals surface area contributed by atoms with Gasteiger partial charge in [0.15, 0.2) is 0 Å². The van der Waals surface area contributed by atoms with Gasteiger partial charge in [-0.2, -0.15) is 0 Å². The van der Waals surface area contributed by atoms with E-state index in [-0.39, 0.29) is 12.8 Å². The summed E-state index contributed by atoms with van der Waals surface area (Å²) < 4.78 is 4.69. The van der Waals surface area contributed by atoms with Crippen LogP contribution in [0.1, 0.15) is 43.7 Å². The number of nitrogens with one attached hydrogen (secondary N) is 4. The molecule has 0 saturated carbocycles. The number of hydrogen-bond acceptors (Lipinski definition) is 8. The molecule has 0 aliphatic carbocycles. The first-order chi connectivity index (χ1) is 17.4. The van der Waals surface area contributed by atoms with Crippen LogP contribution < -0.4 is 27.0 Å². The summed E-state index contributed by atoms with van der Waals surface area (Å²) in [6.07, 6.45) is -0.220. The summed E-state index contributed by atoms with van der Waals surface area (Å²) in [5.41, 5.74) is 5.27. The molecule has 0 spiro atoms. The van der Waals surface area contributed by atoms with E-state index in [1.54, 1.807) is 18.2 Å². The van der Waals surface area contributed by atoms with Gasteiger partial charge in [0.2, 0.25) is 11.8 Å². The fourth-order valence-corrected chi connectivity index (χ4v) is 3.64. The lowest BCUT2D eigenvalue weighted by Crippen LogP contribution is -2.63. The Balaban J connectivity index is 3.08. The number of carboxylic acids is 1. The second-order valence-electron chi connectivity index (χ2n) is 8.80. The molecule has 12 heteroatoms. The van der Waals surface area contributed by atoms with Crippen molar-refractivity contribution < 1.29 is 33.8 Å². The fraction of sp³-hybridized carbons (Fsp3) is 0.480. The van der Waals surface area contributed by atoms with E-state index in [0.29, 0.717) is 37.1 Å². The third-order valence-electron chi connectivity index (χ3n) is 5.59. The zero-order chi connectivity index (χ0) is 28.0. The zero-order valence-corrected chi connectivity index (χ0v) is 21.5. The number of methoxy groups -OCH3 is 1. The molecule has 3 amide bonds. The normalized spacial score (nSPS) is 13.7. The van der Waals surface area contributed by atoms with Crippen LogP contribution in [0.15, 0.2) is 36.7 Å². The van der Waals surface area contributed by atoms with E-state index in [9.17, 15) is 29.1 Å². The molecule has 3 atom stereocenters. The summed E-state index contributed by atoms with van der Waals surface area (Å²) in [5, 5.41) is 19.7. The second kappa shape index (κ2) is 15.1. The Bertz CT molecular complexity index is 984. The van der Waals surface area contributed by atoms with E-state index in [1.807, 2.05) is 13.0 Å². The maximum Gasteiger partial charge on any atom is 0.407 e. The van der Waals surface area contributed by atoms with Gasteiger partial charge in [0.05, 0.1) is 19.0 Å². The van der Waals surface area contributed by atoms with Crippen molar-refractivity contribution in [3.63, 3.8) is 0 Å². The molecule has 7 N–H and O–H groups in total. The van der Waals surface area contributed by atoms with Crippen molar-refractivity contribution in [2.75, 3.05) is 13.7 Å². The molecule has 1 rings (SSSR count). The summed E-state index contributed by atoms with van der Waals surface area (Å²) in [6, 6.07) is 5.29. The van der Waals surface area contributed by atoms with Gasteiger partial charge in [-0.3, -0.25) is 14.4 Å². The van der Waals surface area contributed by atoms with E-state index >= 15 is 0 Å². The summed E-state index contributed by atoms with van der Waals surface area (Å²) in [4.78, 5) is 61.2. The number of carboxylic acid groups (broad SMARTS) is 1. The lowest BCUT2D eigenvalue weighted by molar-refractivity contribution is -0.138. The number of benzene rings is 1. The molecule has 0 heterocycles. The highest BCUT2D eigenvalue weighted by Gasteiger charge is 2.42. The topological polar surface area (TPSA) is 189 Å². The number of ether oxygens (including phenoxy) is 1. The van der Waals surface area contributed by atoms with Crippen LogP contribution in [-0.4, -0.2) is 66.5 Å². The molecule has 0 aliphatic rings. The van der Waals surface area contributed by atoms with Crippen molar-refractivity contribution >= 4 is 30.2 Å². The zero-order valence-electron chi connectivity index (χ0n) is 21.5. The van der Waals surface area contributed by atoms with Crippen molar-refractivity contribution in [1.29, 1.82) is 0 Å². The Kier molecular flexibility index (Phi) is 12.6. The van der Waals surface area contributed by atoms with Crippen LogP contribution in [0.4, 0.5) is 4.79 Å². The summed E-state index contributed by atoms with van der Waals surface area (Å²) in [5.74, 6) is -2.26. The van der Waals surface area contributed by atoms with Gasteiger partial charge >= 0.3 is 12.1 Å². The first-order valence-corrected chi connectivity index (χ1v) is 11.8. The van der Waals surface area contributed by atoms with E-state index in [0.717, 1.165) is 12.7 Å². The fourth-order valence-electron chi connectivity index (χ4n) is 3.64. The Hall–Kier alpha value is -4.09. The largest absolute Gasteiger partial charge is 0.481 e. The highest BCUT2D eigenvalue weighted by molar-refractivity contribution is 5.95. The monoisotopic (exact) mass is 519 g/mol. The number of alkyl carbamates (subject to hydrolysis) is 1. The first-order valence-electron chi connectivity index (χ1n) is 11.8. The molecular formula is C25H37N5O7.